The van der Waals surface area contributed by atoms with Crippen LogP contribution in [0.15, 0.2) is 34.9 Å². The zero-order valence-corrected chi connectivity index (χ0v) is 11.5. The maximum atomic E-state index is 12.1. The van der Waals surface area contributed by atoms with E-state index in [4.69, 9.17) is 10.2 Å². The quantitative estimate of drug-likeness (QED) is 0.822. The summed E-state index contributed by atoms with van der Waals surface area (Å²) in [5, 5.41) is 2.86. The van der Waals surface area contributed by atoms with Crippen LogP contribution in [-0.4, -0.2) is 12.5 Å². The molecule has 2 rings (SSSR count). The van der Waals surface area contributed by atoms with Gasteiger partial charge in [0.05, 0.1) is 12.1 Å². The zero-order valence-electron chi connectivity index (χ0n) is 11.5. The van der Waals surface area contributed by atoms with E-state index in [-0.39, 0.29) is 5.91 Å². The molecular formula is C16H16N2O2. The van der Waals surface area contributed by atoms with Gasteiger partial charge in [0.1, 0.15) is 12.0 Å². The van der Waals surface area contributed by atoms with E-state index in [1.54, 1.807) is 13.0 Å². The van der Waals surface area contributed by atoms with Gasteiger partial charge in [0, 0.05) is 11.3 Å². The number of furan rings is 1. The lowest BCUT2D eigenvalue weighted by atomic mass is 10.1. The first-order chi connectivity index (χ1) is 9.60. The summed E-state index contributed by atoms with van der Waals surface area (Å²) in [4.78, 5) is 12.1. The Balaban J connectivity index is 2.22. The van der Waals surface area contributed by atoms with Crippen LogP contribution in [0, 0.1) is 25.7 Å². The summed E-state index contributed by atoms with van der Waals surface area (Å²) >= 11 is 0. The highest BCUT2D eigenvalue weighted by atomic mass is 16.3. The summed E-state index contributed by atoms with van der Waals surface area (Å²) in [6, 6.07) is 7.35. The molecule has 0 radical (unpaired) electrons. The molecule has 0 bridgehead atoms. The van der Waals surface area contributed by atoms with Gasteiger partial charge in [0.15, 0.2) is 0 Å². The Morgan fingerprint density at radius 3 is 2.80 bits per heavy atom. The highest BCUT2D eigenvalue weighted by Gasteiger charge is 2.10. The predicted molar refractivity (Wildman–Crippen MR) is 78.5 cm³/mol. The maximum absolute atomic E-state index is 12.1. The molecule has 1 aromatic heterocycles. The summed E-state index contributed by atoms with van der Waals surface area (Å²) in [6.07, 6.45) is 1.44. The van der Waals surface area contributed by atoms with Gasteiger partial charge in [-0.1, -0.05) is 17.9 Å². The Labute approximate surface area is 118 Å². The van der Waals surface area contributed by atoms with Crippen molar-refractivity contribution in [3.63, 3.8) is 0 Å². The topological polar surface area (TPSA) is 68.3 Å². The fourth-order valence-electron chi connectivity index (χ4n) is 1.74. The lowest BCUT2D eigenvalue weighted by Crippen LogP contribution is -2.12. The third-order valence-corrected chi connectivity index (χ3v) is 2.81. The second kappa shape index (κ2) is 6.09. The number of nitrogens with two attached hydrogens (primary N) is 1. The van der Waals surface area contributed by atoms with Crippen LogP contribution in [-0.2, 0) is 0 Å². The molecule has 0 atom stereocenters. The van der Waals surface area contributed by atoms with Gasteiger partial charge < -0.3 is 15.5 Å². The molecule has 0 aliphatic carbocycles. The van der Waals surface area contributed by atoms with Gasteiger partial charge in [0.2, 0.25) is 0 Å². The lowest BCUT2D eigenvalue weighted by molar-refractivity contribution is 0.102. The first-order valence-corrected chi connectivity index (χ1v) is 6.26. The predicted octanol–water partition coefficient (Wildman–Crippen LogP) is 2.46. The van der Waals surface area contributed by atoms with Gasteiger partial charge in [-0.15, -0.1) is 0 Å². The van der Waals surface area contributed by atoms with E-state index >= 15 is 0 Å². The van der Waals surface area contributed by atoms with Crippen molar-refractivity contribution in [3.05, 3.63) is 53.0 Å². The van der Waals surface area contributed by atoms with Crippen molar-refractivity contribution >= 4 is 11.6 Å². The van der Waals surface area contributed by atoms with Gasteiger partial charge >= 0.3 is 0 Å². The molecule has 0 spiro atoms. The normalized spacial score (nSPS) is 9.75. The summed E-state index contributed by atoms with van der Waals surface area (Å²) in [6.45, 7) is 4.03. The minimum absolute atomic E-state index is 0.200. The number of hydrogen-bond donors (Lipinski definition) is 2. The van der Waals surface area contributed by atoms with E-state index in [1.807, 2.05) is 25.1 Å². The Morgan fingerprint density at radius 1 is 1.35 bits per heavy atom. The zero-order chi connectivity index (χ0) is 14.5. The van der Waals surface area contributed by atoms with Crippen molar-refractivity contribution in [2.24, 2.45) is 5.73 Å². The van der Waals surface area contributed by atoms with Crippen LogP contribution in [0.2, 0.25) is 0 Å². The van der Waals surface area contributed by atoms with Crippen molar-refractivity contribution < 1.29 is 9.21 Å². The number of carbonyl (C=O) groups is 1. The Bertz CT molecular complexity index is 690. The molecule has 4 heteroatoms. The largest absolute Gasteiger partial charge is 0.469 e. The minimum atomic E-state index is -0.200. The van der Waals surface area contributed by atoms with Gasteiger partial charge in [-0.05, 0) is 37.6 Å². The molecule has 1 aromatic carbocycles. The molecule has 0 aliphatic heterocycles. The molecule has 102 valence electrons. The van der Waals surface area contributed by atoms with Crippen LogP contribution in [0.25, 0.3) is 0 Å². The molecule has 1 amide bonds. The first kappa shape index (κ1) is 13.9. The second-order valence-corrected chi connectivity index (χ2v) is 4.44. The third kappa shape index (κ3) is 3.28. The van der Waals surface area contributed by atoms with E-state index in [9.17, 15) is 4.79 Å². The summed E-state index contributed by atoms with van der Waals surface area (Å²) in [5.74, 6) is 6.24. The third-order valence-electron chi connectivity index (χ3n) is 2.81. The van der Waals surface area contributed by atoms with E-state index in [0.717, 1.165) is 16.8 Å². The van der Waals surface area contributed by atoms with E-state index in [1.165, 1.54) is 6.26 Å². The summed E-state index contributed by atoms with van der Waals surface area (Å²) in [7, 11) is 0. The van der Waals surface area contributed by atoms with Crippen molar-refractivity contribution in [2.75, 3.05) is 11.9 Å². The van der Waals surface area contributed by atoms with Gasteiger partial charge in [-0.3, -0.25) is 4.79 Å². The maximum Gasteiger partial charge on any atom is 0.258 e. The molecule has 1 heterocycles. The first-order valence-electron chi connectivity index (χ1n) is 6.26. The number of rotatable bonds is 2. The monoisotopic (exact) mass is 268 g/mol. The molecular weight excluding hydrogens is 252 g/mol. The number of hydrogen-bond acceptors (Lipinski definition) is 3. The van der Waals surface area contributed by atoms with Crippen LogP contribution in [0.5, 0.6) is 0 Å². The second-order valence-electron chi connectivity index (χ2n) is 4.44. The highest BCUT2D eigenvalue weighted by Crippen LogP contribution is 2.18. The number of carbonyl (C=O) groups excluding carboxylic acids is 1. The van der Waals surface area contributed by atoms with Crippen LogP contribution >= 0.6 is 0 Å². The SMILES string of the molecule is Cc1cc(C(=O)Nc2cc(C#CCN)ccc2C)co1. The van der Waals surface area contributed by atoms with Crippen LogP contribution in [0.4, 0.5) is 5.69 Å². The molecule has 0 saturated carbocycles. The van der Waals surface area contributed by atoms with Crippen LogP contribution in [0.3, 0.4) is 0 Å². The van der Waals surface area contributed by atoms with Crippen molar-refractivity contribution in [1.82, 2.24) is 0 Å². The Kier molecular flexibility index (Phi) is 4.24. The smallest absolute Gasteiger partial charge is 0.258 e. The van der Waals surface area contributed by atoms with Crippen molar-refractivity contribution in [2.45, 2.75) is 13.8 Å². The molecule has 4 nitrogen and oxygen atoms in total. The molecule has 0 fully saturated rings. The number of amides is 1. The average molecular weight is 268 g/mol. The number of anilines is 1. The van der Waals surface area contributed by atoms with Crippen LogP contribution in [0.1, 0.15) is 27.2 Å². The summed E-state index contributed by atoms with van der Waals surface area (Å²) in [5.41, 5.74) is 8.37. The molecule has 20 heavy (non-hydrogen) atoms. The van der Waals surface area contributed by atoms with Gasteiger partial charge in [-0.2, -0.15) is 0 Å². The Hall–Kier alpha value is -2.51. The summed E-state index contributed by atoms with van der Waals surface area (Å²) < 4.78 is 5.13. The van der Waals surface area contributed by atoms with Crippen LogP contribution < -0.4 is 11.1 Å². The number of benzene rings is 1. The van der Waals surface area contributed by atoms with E-state index in [0.29, 0.717) is 17.9 Å². The minimum Gasteiger partial charge on any atom is -0.469 e. The fraction of sp³-hybridized carbons (Fsp3) is 0.188. The van der Waals surface area contributed by atoms with Gasteiger partial charge in [0.25, 0.3) is 5.91 Å². The van der Waals surface area contributed by atoms with E-state index < -0.39 is 0 Å². The highest BCUT2D eigenvalue weighted by molar-refractivity contribution is 6.04. The van der Waals surface area contributed by atoms with Gasteiger partial charge in [-0.25, -0.2) is 0 Å². The lowest BCUT2D eigenvalue weighted by Gasteiger charge is -2.07. The number of aryl methyl sites for hydroxylation is 2. The molecule has 0 saturated heterocycles. The average Bonchev–Trinajstić information content (AvgIpc) is 2.86. The molecule has 3 N–H and O–H groups in total. The van der Waals surface area contributed by atoms with Crippen molar-refractivity contribution in [3.8, 4) is 11.8 Å². The fourth-order valence-corrected chi connectivity index (χ4v) is 1.74. The molecule has 0 unspecified atom stereocenters. The van der Waals surface area contributed by atoms with E-state index in [2.05, 4.69) is 17.2 Å². The molecule has 0 aliphatic rings. The Morgan fingerprint density at radius 2 is 2.15 bits per heavy atom. The molecule has 2 aromatic rings. The number of nitrogens with one attached hydrogen (secondary N) is 1. The standard InChI is InChI=1S/C16H16N2O2/c1-11-5-6-13(4-3-7-17)9-15(11)18-16(19)14-8-12(2)20-10-14/h5-6,8-10H,7,17H2,1-2H3,(H,18,19). The van der Waals surface area contributed by atoms with Crippen molar-refractivity contribution in [1.29, 1.82) is 0 Å².